The molecule has 0 aliphatic heterocycles. The van der Waals surface area contributed by atoms with E-state index in [2.05, 4.69) is 25.8 Å². The van der Waals surface area contributed by atoms with Crippen molar-refractivity contribution in [3.8, 4) is 0 Å². The molecule has 0 aliphatic rings. The average molecular weight is 269 g/mol. The molecule has 0 aliphatic carbocycles. The number of carbonyl (C=O) groups excluding carboxylic acids is 1. The fourth-order valence-corrected chi connectivity index (χ4v) is 2.57. The molecule has 0 spiro atoms. The molecule has 1 heterocycles. The van der Waals surface area contributed by atoms with E-state index in [4.69, 9.17) is 5.73 Å². The normalized spacial score (nSPS) is 14.6. The highest BCUT2D eigenvalue weighted by Gasteiger charge is 2.21. The second-order valence-corrected chi connectivity index (χ2v) is 6.14. The number of aromatic nitrogens is 1. The summed E-state index contributed by atoms with van der Waals surface area (Å²) in [5, 5.41) is 2.60. The van der Waals surface area contributed by atoms with Crippen LogP contribution in [0.25, 0.3) is 0 Å². The van der Waals surface area contributed by atoms with Gasteiger partial charge in [-0.1, -0.05) is 13.8 Å². The third-order valence-electron chi connectivity index (χ3n) is 2.92. The zero-order chi connectivity index (χ0) is 13.9. The summed E-state index contributed by atoms with van der Waals surface area (Å²) in [6.07, 6.45) is 0.993. The Morgan fingerprint density at radius 3 is 2.50 bits per heavy atom. The Bertz CT molecular complexity index is 401. The zero-order valence-electron chi connectivity index (χ0n) is 11.8. The Labute approximate surface area is 113 Å². The van der Waals surface area contributed by atoms with Crippen LogP contribution in [0, 0.1) is 5.92 Å². The summed E-state index contributed by atoms with van der Waals surface area (Å²) in [6, 6.07) is 0.105. The SMILES string of the molecule is CC(C)CC(C)N(C)C(=O)c1csc(C(C)N)n1. The van der Waals surface area contributed by atoms with Gasteiger partial charge in [-0.3, -0.25) is 4.79 Å². The topological polar surface area (TPSA) is 59.2 Å². The van der Waals surface area contributed by atoms with E-state index in [0.717, 1.165) is 11.4 Å². The summed E-state index contributed by atoms with van der Waals surface area (Å²) in [6.45, 7) is 8.26. The number of rotatable bonds is 5. The lowest BCUT2D eigenvalue weighted by molar-refractivity contribution is 0.0723. The highest BCUT2D eigenvalue weighted by Crippen LogP contribution is 2.18. The minimum absolute atomic E-state index is 0.0219. The number of thiazole rings is 1. The molecule has 0 aromatic carbocycles. The molecule has 1 amide bonds. The molecule has 0 saturated heterocycles. The Balaban J connectivity index is 2.73. The smallest absolute Gasteiger partial charge is 0.273 e. The van der Waals surface area contributed by atoms with Crippen LogP contribution in [0.5, 0.6) is 0 Å². The van der Waals surface area contributed by atoms with E-state index in [1.807, 2.05) is 14.0 Å². The van der Waals surface area contributed by atoms with Gasteiger partial charge in [-0.2, -0.15) is 0 Å². The van der Waals surface area contributed by atoms with Crippen molar-refractivity contribution in [2.75, 3.05) is 7.05 Å². The van der Waals surface area contributed by atoms with Crippen molar-refractivity contribution in [3.05, 3.63) is 16.1 Å². The third-order valence-corrected chi connectivity index (χ3v) is 3.97. The van der Waals surface area contributed by atoms with E-state index in [1.54, 1.807) is 10.3 Å². The molecule has 4 nitrogen and oxygen atoms in total. The molecule has 1 aromatic heterocycles. The molecule has 5 heteroatoms. The van der Waals surface area contributed by atoms with Crippen LogP contribution in [0.4, 0.5) is 0 Å². The van der Waals surface area contributed by atoms with Crippen LogP contribution in [-0.4, -0.2) is 28.9 Å². The Kier molecular flexibility index (Phi) is 5.28. The van der Waals surface area contributed by atoms with Crippen LogP contribution < -0.4 is 5.73 Å². The van der Waals surface area contributed by atoms with Gasteiger partial charge >= 0.3 is 0 Å². The van der Waals surface area contributed by atoms with E-state index in [9.17, 15) is 4.79 Å². The van der Waals surface area contributed by atoms with E-state index >= 15 is 0 Å². The molecular weight excluding hydrogens is 246 g/mol. The second kappa shape index (κ2) is 6.29. The van der Waals surface area contributed by atoms with Crippen LogP contribution in [-0.2, 0) is 0 Å². The van der Waals surface area contributed by atoms with Crippen molar-refractivity contribution < 1.29 is 4.79 Å². The number of amides is 1. The van der Waals surface area contributed by atoms with Crippen molar-refractivity contribution in [3.63, 3.8) is 0 Å². The first-order valence-electron chi connectivity index (χ1n) is 6.31. The minimum atomic E-state index is -0.116. The lowest BCUT2D eigenvalue weighted by Gasteiger charge is -2.25. The van der Waals surface area contributed by atoms with Crippen molar-refractivity contribution in [2.24, 2.45) is 11.7 Å². The zero-order valence-corrected chi connectivity index (χ0v) is 12.6. The molecule has 102 valence electrons. The van der Waals surface area contributed by atoms with Gasteiger partial charge in [-0.25, -0.2) is 4.98 Å². The maximum atomic E-state index is 12.2. The highest BCUT2D eigenvalue weighted by atomic mass is 32.1. The minimum Gasteiger partial charge on any atom is -0.338 e. The first-order valence-corrected chi connectivity index (χ1v) is 7.19. The summed E-state index contributed by atoms with van der Waals surface area (Å²) < 4.78 is 0. The van der Waals surface area contributed by atoms with Gasteiger partial charge in [-0.05, 0) is 26.2 Å². The quantitative estimate of drug-likeness (QED) is 0.894. The predicted octanol–water partition coefficient (Wildman–Crippen LogP) is 2.67. The van der Waals surface area contributed by atoms with Crippen molar-refractivity contribution in [2.45, 2.75) is 46.2 Å². The molecule has 2 unspecified atom stereocenters. The first-order chi connectivity index (χ1) is 8.32. The number of carbonyl (C=O) groups is 1. The standard InChI is InChI=1S/C13H23N3OS/c1-8(2)6-9(3)16(5)13(17)11-7-18-12(15-11)10(4)14/h7-10H,6,14H2,1-5H3. The number of nitrogens with zero attached hydrogens (tertiary/aromatic N) is 2. The summed E-state index contributed by atoms with van der Waals surface area (Å²) >= 11 is 1.45. The Hall–Kier alpha value is -0.940. The molecule has 0 fully saturated rings. The molecule has 0 bridgehead atoms. The van der Waals surface area contributed by atoms with E-state index in [1.165, 1.54) is 11.3 Å². The molecule has 2 atom stereocenters. The van der Waals surface area contributed by atoms with Crippen molar-refractivity contribution >= 4 is 17.2 Å². The molecule has 0 saturated carbocycles. The van der Waals surface area contributed by atoms with Crippen LogP contribution in [0.3, 0.4) is 0 Å². The predicted molar refractivity (Wildman–Crippen MR) is 75.7 cm³/mol. The Morgan fingerprint density at radius 2 is 2.06 bits per heavy atom. The van der Waals surface area contributed by atoms with Crippen molar-refractivity contribution in [1.82, 2.24) is 9.88 Å². The number of hydrogen-bond acceptors (Lipinski definition) is 4. The monoisotopic (exact) mass is 269 g/mol. The van der Waals surface area contributed by atoms with Crippen LogP contribution in [0.1, 0.15) is 55.7 Å². The maximum absolute atomic E-state index is 12.2. The van der Waals surface area contributed by atoms with E-state index in [0.29, 0.717) is 11.6 Å². The van der Waals surface area contributed by atoms with Gasteiger partial charge in [0.25, 0.3) is 5.91 Å². The van der Waals surface area contributed by atoms with Crippen molar-refractivity contribution in [1.29, 1.82) is 0 Å². The molecule has 2 N–H and O–H groups in total. The number of hydrogen-bond donors (Lipinski definition) is 1. The lowest BCUT2D eigenvalue weighted by atomic mass is 10.0. The summed E-state index contributed by atoms with van der Waals surface area (Å²) in [7, 11) is 1.83. The largest absolute Gasteiger partial charge is 0.338 e. The van der Waals surface area contributed by atoms with Gasteiger partial charge in [0.1, 0.15) is 10.7 Å². The van der Waals surface area contributed by atoms with Gasteiger partial charge in [0.2, 0.25) is 0 Å². The van der Waals surface area contributed by atoms with Gasteiger partial charge in [0.15, 0.2) is 0 Å². The van der Waals surface area contributed by atoms with Gasteiger partial charge < -0.3 is 10.6 Å². The summed E-state index contributed by atoms with van der Waals surface area (Å²) in [4.78, 5) is 18.3. The third kappa shape index (κ3) is 3.78. The molecule has 18 heavy (non-hydrogen) atoms. The fourth-order valence-electron chi connectivity index (χ4n) is 1.82. The average Bonchev–Trinajstić information content (AvgIpc) is 2.75. The first kappa shape index (κ1) is 15.1. The van der Waals surface area contributed by atoms with Crippen LogP contribution >= 0.6 is 11.3 Å². The Morgan fingerprint density at radius 1 is 1.44 bits per heavy atom. The summed E-state index contributed by atoms with van der Waals surface area (Å²) in [5.74, 6) is 0.552. The lowest BCUT2D eigenvalue weighted by Crippen LogP contribution is -2.36. The summed E-state index contributed by atoms with van der Waals surface area (Å²) in [5.41, 5.74) is 6.26. The van der Waals surface area contributed by atoms with Gasteiger partial charge in [-0.15, -0.1) is 11.3 Å². The van der Waals surface area contributed by atoms with Crippen LogP contribution in [0.15, 0.2) is 5.38 Å². The number of nitrogens with two attached hydrogens (primary N) is 1. The van der Waals surface area contributed by atoms with E-state index in [-0.39, 0.29) is 18.0 Å². The fraction of sp³-hybridized carbons (Fsp3) is 0.692. The second-order valence-electron chi connectivity index (χ2n) is 5.25. The van der Waals surface area contributed by atoms with Gasteiger partial charge in [0.05, 0.1) is 6.04 Å². The highest BCUT2D eigenvalue weighted by molar-refractivity contribution is 7.09. The molecule has 1 rings (SSSR count). The molecule has 0 radical (unpaired) electrons. The van der Waals surface area contributed by atoms with Crippen LogP contribution in [0.2, 0.25) is 0 Å². The maximum Gasteiger partial charge on any atom is 0.273 e. The molecular formula is C13H23N3OS. The van der Waals surface area contributed by atoms with E-state index < -0.39 is 0 Å². The molecule has 1 aromatic rings. The van der Waals surface area contributed by atoms with Gasteiger partial charge in [0, 0.05) is 18.5 Å².